The van der Waals surface area contributed by atoms with E-state index in [2.05, 4.69) is 15.3 Å². The fourth-order valence-corrected chi connectivity index (χ4v) is 2.07. The molecule has 0 radical (unpaired) electrons. The van der Waals surface area contributed by atoms with E-state index in [0.717, 1.165) is 16.5 Å². The van der Waals surface area contributed by atoms with Crippen LogP contribution in [0.1, 0.15) is 17.1 Å². The molecule has 2 aromatic heterocycles. The molecule has 0 saturated carbocycles. The van der Waals surface area contributed by atoms with Crippen LogP contribution in [0.15, 0.2) is 41.0 Å². The first-order valence-corrected chi connectivity index (χ1v) is 6.21. The Morgan fingerprint density at radius 2 is 2.15 bits per heavy atom. The number of para-hydroxylation sites is 1. The van der Waals surface area contributed by atoms with E-state index in [1.807, 2.05) is 30.3 Å². The third-order valence-electron chi connectivity index (χ3n) is 2.97. The van der Waals surface area contributed by atoms with Crippen LogP contribution in [0, 0.1) is 18.3 Å². The van der Waals surface area contributed by atoms with Gasteiger partial charge in [-0.2, -0.15) is 5.26 Å². The summed E-state index contributed by atoms with van der Waals surface area (Å²) in [6, 6.07) is 11.5. The Morgan fingerprint density at radius 1 is 1.30 bits per heavy atom. The zero-order chi connectivity index (χ0) is 13.9. The van der Waals surface area contributed by atoms with Crippen LogP contribution in [-0.4, -0.2) is 9.97 Å². The van der Waals surface area contributed by atoms with Gasteiger partial charge in [-0.15, -0.1) is 0 Å². The highest BCUT2D eigenvalue weighted by molar-refractivity contribution is 5.81. The van der Waals surface area contributed by atoms with Crippen molar-refractivity contribution in [1.29, 1.82) is 5.26 Å². The highest BCUT2D eigenvalue weighted by Crippen LogP contribution is 2.21. The van der Waals surface area contributed by atoms with Crippen molar-refractivity contribution < 1.29 is 4.42 Å². The molecule has 98 valence electrons. The first-order valence-electron chi connectivity index (χ1n) is 6.21. The Morgan fingerprint density at radius 3 is 3.00 bits per heavy atom. The maximum atomic E-state index is 8.90. The van der Waals surface area contributed by atoms with Crippen LogP contribution in [0.25, 0.3) is 11.0 Å². The van der Waals surface area contributed by atoms with E-state index in [4.69, 9.17) is 9.68 Å². The molecule has 0 fully saturated rings. The zero-order valence-corrected chi connectivity index (χ0v) is 10.9. The van der Waals surface area contributed by atoms with Crippen molar-refractivity contribution in [3.05, 3.63) is 53.7 Å². The first kappa shape index (κ1) is 12.2. The molecule has 0 saturated heterocycles. The van der Waals surface area contributed by atoms with Crippen molar-refractivity contribution in [3.8, 4) is 6.07 Å². The molecule has 0 aliphatic carbocycles. The van der Waals surface area contributed by atoms with E-state index in [1.165, 1.54) is 0 Å². The molecule has 3 rings (SSSR count). The Kier molecular flexibility index (Phi) is 3.05. The van der Waals surface area contributed by atoms with Crippen molar-refractivity contribution in [2.45, 2.75) is 13.5 Å². The summed E-state index contributed by atoms with van der Waals surface area (Å²) < 4.78 is 5.48. The molecular formula is C15H12N4O. The predicted molar refractivity (Wildman–Crippen MR) is 75.0 cm³/mol. The van der Waals surface area contributed by atoms with Gasteiger partial charge in [0.05, 0.1) is 6.26 Å². The molecule has 0 aliphatic heterocycles. The summed E-state index contributed by atoms with van der Waals surface area (Å²) in [5.74, 6) is 1.21. The number of hydrogen-bond donors (Lipinski definition) is 1. The Balaban J connectivity index is 1.83. The number of hydrogen-bond acceptors (Lipinski definition) is 5. The Bertz CT molecular complexity index is 801. The second-order valence-corrected chi connectivity index (χ2v) is 4.41. The van der Waals surface area contributed by atoms with Gasteiger partial charge in [-0.3, -0.25) is 0 Å². The third kappa shape index (κ3) is 2.31. The lowest BCUT2D eigenvalue weighted by atomic mass is 10.2. The Hall–Kier alpha value is -2.87. The van der Waals surface area contributed by atoms with Crippen molar-refractivity contribution in [1.82, 2.24) is 9.97 Å². The highest BCUT2D eigenvalue weighted by atomic mass is 16.3. The van der Waals surface area contributed by atoms with Crippen LogP contribution >= 0.6 is 0 Å². The molecule has 0 bridgehead atoms. The summed E-state index contributed by atoms with van der Waals surface area (Å²) in [4.78, 5) is 8.27. The molecule has 1 N–H and O–H groups in total. The molecule has 0 unspecified atom stereocenters. The summed E-state index contributed by atoms with van der Waals surface area (Å²) in [5, 5.41) is 13.2. The summed E-state index contributed by atoms with van der Waals surface area (Å²) in [7, 11) is 0. The molecule has 1 aromatic carbocycles. The van der Waals surface area contributed by atoms with Gasteiger partial charge >= 0.3 is 0 Å². The fourth-order valence-electron chi connectivity index (χ4n) is 2.07. The van der Waals surface area contributed by atoms with Gasteiger partial charge in [-0.1, -0.05) is 18.2 Å². The minimum Gasteiger partial charge on any atom is -0.464 e. The smallest absolute Gasteiger partial charge is 0.146 e. The number of aromatic nitrogens is 2. The number of nitriles is 1. The van der Waals surface area contributed by atoms with E-state index in [1.54, 1.807) is 19.3 Å². The van der Waals surface area contributed by atoms with E-state index < -0.39 is 0 Å². The molecule has 5 heteroatoms. The molecule has 0 spiro atoms. The molecule has 20 heavy (non-hydrogen) atoms. The third-order valence-corrected chi connectivity index (χ3v) is 2.97. The molecule has 0 atom stereocenters. The van der Waals surface area contributed by atoms with Gasteiger partial charge in [0.25, 0.3) is 0 Å². The zero-order valence-electron chi connectivity index (χ0n) is 10.9. The van der Waals surface area contributed by atoms with Gasteiger partial charge in [0.2, 0.25) is 0 Å². The lowest BCUT2D eigenvalue weighted by molar-refractivity contribution is 0.611. The average Bonchev–Trinajstić information content (AvgIpc) is 2.88. The largest absolute Gasteiger partial charge is 0.464 e. The number of rotatable bonds is 3. The minimum atomic E-state index is 0.358. The van der Waals surface area contributed by atoms with Crippen LogP contribution in [0.3, 0.4) is 0 Å². The fraction of sp³-hybridized carbons (Fsp3) is 0.133. The van der Waals surface area contributed by atoms with E-state index in [0.29, 0.717) is 23.9 Å². The van der Waals surface area contributed by atoms with Crippen molar-refractivity contribution >= 4 is 16.8 Å². The van der Waals surface area contributed by atoms with Crippen LogP contribution in [0.4, 0.5) is 5.82 Å². The number of nitrogens with zero attached hydrogens (tertiary/aromatic N) is 3. The topological polar surface area (TPSA) is 74.7 Å². The van der Waals surface area contributed by atoms with Gasteiger partial charge in [-0.05, 0) is 13.0 Å². The standard InChI is InChI=1S/C15H12N4O/c1-10-18-12(7-16)6-15(19-10)17-8-11-9-20-14-5-3-2-4-13(11)14/h2-6,9H,8H2,1H3,(H,17,18,19). The van der Waals surface area contributed by atoms with Crippen molar-refractivity contribution in [3.63, 3.8) is 0 Å². The number of furan rings is 1. The van der Waals surface area contributed by atoms with Crippen LogP contribution in [0.2, 0.25) is 0 Å². The second kappa shape index (κ2) is 5.02. The summed E-state index contributed by atoms with van der Waals surface area (Å²) in [5.41, 5.74) is 2.27. The van der Waals surface area contributed by atoms with E-state index in [-0.39, 0.29) is 0 Å². The van der Waals surface area contributed by atoms with Gasteiger partial charge < -0.3 is 9.73 Å². The van der Waals surface area contributed by atoms with E-state index >= 15 is 0 Å². The summed E-state index contributed by atoms with van der Waals surface area (Å²) in [6.07, 6.45) is 1.73. The molecule has 0 amide bonds. The molecule has 5 nitrogen and oxygen atoms in total. The number of anilines is 1. The first-order chi connectivity index (χ1) is 9.76. The van der Waals surface area contributed by atoms with Crippen LogP contribution in [0.5, 0.6) is 0 Å². The van der Waals surface area contributed by atoms with Crippen LogP contribution in [-0.2, 0) is 6.54 Å². The minimum absolute atomic E-state index is 0.358. The molecule has 2 heterocycles. The number of fused-ring (bicyclic) bond motifs is 1. The molecule has 3 aromatic rings. The highest BCUT2D eigenvalue weighted by Gasteiger charge is 2.06. The normalized spacial score (nSPS) is 10.4. The summed E-state index contributed by atoms with van der Waals surface area (Å²) >= 11 is 0. The maximum Gasteiger partial charge on any atom is 0.146 e. The molecule has 0 aliphatic rings. The SMILES string of the molecule is Cc1nc(C#N)cc(NCc2coc3ccccc23)n1. The van der Waals surface area contributed by atoms with Gasteiger partial charge in [0, 0.05) is 23.6 Å². The monoisotopic (exact) mass is 264 g/mol. The van der Waals surface area contributed by atoms with Crippen molar-refractivity contribution in [2.75, 3.05) is 5.32 Å². The van der Waals surface area contributed by atoms with Crippen molar-refractivity contribution in [2.24, 2.45) is 0 Å². The lowest BCUT2D eigenvalue weighted by Gasteiger charge is -2.05. The van der Waals surface area contributed by atoms with Gasteiger partial charge in [-0.25, -0.2) is 9.97 Å². The number of benzene rings is 1. The number of aryl methyl sites for hydroxylation is 1. The maximum absolute atomic E-state index is 8.90. The second-order valence-electron chi connectivity index (χ2n) is 4.41. The predicted octanol–water partition coefficient (Wildman–Crippen LogP) is 3.02. The quantitative estimate of drug-likeness (QED) is 0.787. The summed E-state index contributed by atoms with van der Waals surface area (Å²) in [6.45, 7) is 2.34. The average molecular weight is 264 g/mol. The Labute approximate surface area is 115 Å². The van der Waals surface area contributed by atoms with Gasteiger partial charge in [0.15, 0.2) is 0 Å². The van der Waals surface area contributed by atoms with E-state index in [9.17, 15) is 0 Å². The van der Waals surface area contributed by atoms with Crippen LogP contribution < -0.4 is 5.32 Å². The van der Waals surface area contributed by atoms with Gasteiger partial charge in [0.1, 0.15) is 29.0 Å². The number of nitrogens with one attached hydrogen (secondary N) is 1. The molecular weight excluding hydrogens is 252 g/mol. The lowest BCUT2D eigenvalue weighted by Crippen LogP contribution is -2.03.